The molecule has 0 spiro atoms. The van der Waals surface area contributed by atoms with Gasteiger partial charge in [0.15, 0.2) is 17.3 Å². The predicted molar refractivity (Wildman–Crippen MR) is 150 cm³/mol. The van der Waals surface area contributed by atoms with E-state index in [1.165, 1.54) is 10.9 Å². The third-order valence-corrected chi connectivity index (χ3v) is 6.64. The number of aromatic nitrogens is 2. The molecule has 9 heteroatoms. The molecule has 37 heavy (non-hydrogen) atoms. The summed E-state index contributed by atoms with van der Waals surface area (Å²) in [6.07, 6.45) is 2.24. The topological polar surface area (TPSA) is 78.9 Å². The first-order valence-corrected chi connectivity index (χ1v) is 12.8. The summed E-state index contributed by atoms with van der Waals surface area (Å²) in [5, 5.41) is 6.30. The van der Waals surface area contributed by atoms with Gasteiger partial charge in [0, 0.05) is 26.5 Å². The first kappa shape index (κ1) is 25.0. The molecule has 3 aromatic carbocycles. The minimum absolute atomic E-state index is 0.0716. The Labute approximate surface area is 226 Å². The fraction of sp³-hybridized carbons (Fsp3) is 0.179. The van der Waals surface area contributed by atoms with Gasteiger partial charge in [0.25, 0.3) is 5.56 Å². The van der Waals surface area contributed by atoms with Crippen molar-refractivity contribution in [2.45, 2.75) is 26.4 Å². The Bertz CT molecular complexity index is 1710. The summed E-state index contributed by atoms with van der Waals surface area (Å²) >= 11 is 9.84. The molecule has 0 N–H and O–H groups in total. The van der Waals surface area contributed by atoms with Gasteiger partial charge in [0.05, 0.1) is 30.3 Å². The summed E-state index contributed by atoms with van der Waals surface area (Å²) in [5.74, 6) is 1.64. The molecular weight excluding hydrogens is 558 g/mol. The van der Waals surface area contributed by atoms with Gasteiger partial charge in [-0.1, -0.05) is 46.6 Å². The summed E-state index contributed by atoms with van der Waals surface area (Å²) in [6, 6.07) is 18.0. The van der Waals surface area contributed by atoms with E-state index in [4.69, 9.17) is 30.5 Å². The van der Waals surface area contributed by atoms with Crippen LogP contribution in [0.3, 0.4) is 0 Å². The molecule has 0 radical (unpaired) electrons. The van der Waals surface area contributed by atoms with Crippen LogP contribution in [0.25, 0.3) is 33.5 Å². The molecule has 0 amide bonds. The van der Waals surface area contributed by atoms with Crippen molar-refractivity contribution >= 4 is 55.6 Å². The largest absolute Gasteiger partial charge is 0.493 e. The van der Waals surface area contributed by atoms with Crippen LogP contribution in [0.15, 0.2) is 79.4 Å². The van der Waals surface area contributed by atoms with Crippen molar-refractivity contribution in [1.82, 2.24) is 9.66 Å². The number of para-hydroxylation sites is 1. The van der Waals surface area contributed by atoms with E-state index in [2.05, 4.69) is 21.0 Å². The molecule has 0 saturated carbocycles. The van der Waals surface area contributed by atoms with E-state index in [0.29, 0.717) is 44.3 Å². The molecular formula is C28H23BrClN3O4. The van der Waals surface area contributed by atoms with Crippen molar-refractivity contribution in [3.8, 4) is 23.1 Å². The van der Waals surface area contributed by atoms with E-state index in [-0.39, 0.29) is 17.5 Å². The van der Waals surface area contributed by atoms with Crippen molar-refractivity contribution in [3.05, 3.63) is 86.1 Å². The highest BCUT2D eigenvalue weighted by Crippen LogP contribution is 2.35. The normalized spacial score (nSPS) is 12.5. The Kier molecular flexibility index (Phi) is 7.04. The smallest absolute Gasteiger partial charge is 0.282 e. The van der Waals surface area contributed by atoms with Crippen molar-refractivity contribution in [2.75, 3.05) is 7.11 Å². The number of halogens is 2. The zero-order chi connectivity index (χ0) is 26.1. The van der Waals surface area contributed by atoms with Crippen LogP contribution < -0.4 is 15.0 Å². The second-order valence-corrected chi connectivity index (χ2v) is 9.82. The third kappa shape index (κ3) is 4.99. The van der Waals surface area contributed by atoms with Crippen LogP contribution in [0.1, 0.15) is 25.8 Å². The Morgan fingerprint density at radius 1 is 1.19 bits per heavy atom. The van der Waals surface area contributed by atoms with Crippen LogP contribution in [0.5, 0.6) is 11.5 Å². The Balaban J connectivity index is 1.71. The molecule has 0 aliphatic heterocycles. The fourth-order valence-electron chi connectivity index (χ4n) is 3.88. The van der Waals surface area contributed by atoms with Gasteiger partial charge >= 0.3 is 0 Å². The highest BCUT2D eigenvalue weighted by Gasteiger charge is 2.18. The Morgan fingerprint density at radius 2 is 2.00 bits per heavy atom. The van der Waals surface area contributed by atoms with E-state index in [1.54, 1.807) is 37.4 Å². The molecule has 0 saturated heterocycles. The van der Waals surface area contributed by atoms with Crippen molar-refractivity contribution in [1.29, 1.82) is 0 Å². The van der Waals surface area contributed by atoms with Crippen molar-refractivity contribution in [3.63, 3.8) is 0 Å². The van der Waals surface area contributed by atoms with Crippen LogP contribution in [-0.4, -0.2) is 29.1 Å². The van der Waals surface area contributed by atoms with Crippen LogP contribution in [0, 0.1) is 0 Å². The molecule has 2 heterocycles. The lowest BCUT2D eigenvalue weighted by atomic mass is 10.2. The molecule has 0 unspecified atom stereocenters. The minimum atomic E-state index is -0.336. The van der Waals surface area contributed by atoms with E-state index in [1.807, 2.05) is 44.2 Å². The fourth-order valence-corrected chi connectivity index (χ4v) is 4.48. The number of hydrogen-bond acceptors (Lipinski definition) is 6. The molecule has 0 fully saturated rings. The van der Waals surface area contributed by atoms with E-state index in [0.717, 1.165) is 16.3 Å². The first-order chi connectivity index (χ1) is 17.9. The highest BCUT2D eigenvalue weighted by atomic mass is 79.9. The molecule has 0 aliphatic carbocycles. The molecule has 0 aliphatic rings. The average Bonchev–Trinajstić information content (AvgIpc) is 3.32. The zero-order valence-electron chi connectivity index (χ0n) is 20.4. The molecule has 0 bridgehead atoms. The average molecular weight is 581 g/mol. The quantitative estimate of drug-likeness (QED) is 0.189. The number of furan rings is 1. The van der Waals surface area contributed by atoms with Gasteiger partial charge in [0.1, 0.15) is 5.58 Å². The minimum Gasteiger partial charge on any atom is -0.493 e. The van der Waals surface area contributed by atoms with E-state index >= 15 is 0 Å². The van der Waals surface area contributed by atoms with Gasteiger partial charge < -0.3 is 13.9 Å². The summed E-state index contributed by atoms with van der Waals surface area (Å²) in [6.45, 7) is 3.99. The van der Waals surface area contributed by atoms with Gasteiger partial charge in [-0.3, -0.25) is 4.79 Å². The molecule has 1 atom stereocenters. The van der Waals surface area contributed by atoms with Crippen LogP contribution in [0.4, 0.5) is 0 Å². The van der Waals surface area contributed by atoms with Crippen molar-refractivity contribution < 1.29 is 13.9 Å². The Morgan fingerprint density at radius 3 is 2.78 bits per heavy atom. The molecule has 5 rings (SSSR count). The maximum absolute atomic E-state index is 13.6. The van der Waals surface area contributed by atoms with Gasteiger partial charge in [-0.25, -0.2) is 4.98 Å². The van der Waals surface area contributed by atoms with E-state index < -0.39 is 0 Å². The monoisotopic (exact) mass is 579 g/mol. The van der Waals surface area contributed by atoms with Gasteiger partial charge in [-0.05, 0) is 55.8 Å². The van der Waals surface area contributed by atoms with Gasteiger partial charge in [-0.15, -0.1) is 0 Å². The van der Waals surface area contributed by atoms with Crippen molar-refractivity contribution in [2.24, 2.45) is 5.10 Å². The molecule has 7 nitrogen and oxygen atoms in total. The number of rotatable bonds is 7. The number of hydrogen-bond donors (Lipinski definition) is 0. The lowest BCUT2D eigenvalue weighted by Crippen LogP contribution is -2.20. The predicted octanol–water partition coefficient (Wildman–Crippen LogP) is 7.29. The molecule has 5 aromatic rings. The van der Waals surface area contributed by atoms with Crippen LogP contribution in [0.2, 0.25) is 5.02 Å². The lowest BCUT2D eigenvalue weighted by Gasteiger charge is -2.18. The standard InChI is InChI=1S/C28H23BrClN3O4/c1-4-16(2)36-26-18(12-20(30)14-24(26)35-3)15-31-33-27(32-22-8-6-5-7-21(22)28(33)34)25-13-17-11-19(29)9-10-23(17)37-25/h5-16H,4H2,1-3H3/t16-/m0/s1. The second kappa shape index (κ2) is 10.4. The SMILES string of the molecule is CC[C@H](C)Oc1c(C=Nn2c(-c3cc4cc(Br)ccc4o3)nc3ccccc3c2=O)cc(Cl)cc1OC. The number of benzene rings is 3. The zero-order valence-corrected chi connectivity index (χ0v) is 22.7. The number of ether oxygens (including phenoxy) is 2. The van der Waals surface area contributed by atoms with Crippen LogP contribution >= 0.6 is 27.5 Å². The number of methoxy groups -OCH3 is 1. The highest BCUT2D eigenvalue weighted by molar-refractivity contribution is 9.10. The summed E-state index contributed by atoms with van der Waals surface area (Å²) < 4.78 is 19.9. The third-order valence-electron chi connectivity index (χ3n) is 5.93. The van der Waals surface area contributed by atoms with Gasteiger partial charge in [-0.2, -0.15) is 9.78 Å². The number of fused-ring (bicyclic) bond motifs is 2. The molecule has 2 aromatic heterocycles. The molecule has 188 valence electrons. The number of nitrogens with zero attached hydrogens (tertiary/aromatic N) is 3. The Hall–Kier alpha value is -3.62. The lowest BCUT2D eigenvalue weighted by molar-refractivity contribution is 0.207. The maximum Gasteiger partial charge on any atom is 0.282 e. The van der Waals surface area contributed by atoms with Crippen LogP contribution in [-0.2, 0) is 0 Å². The second-order valence-electron chi connectivity index (χ2n) is 8.47. The maximum atomic E-state index is 13.6. The summed E-state index contributed by atoms with van der Waals surface area (Å²) in [7, 11) is 1.55. The van der Waals surface area contributed by atoms with E-state index in [9.17, 15) is 4.79 Å². The summed E-state index contributed by atoms with van der Waals surface area (Å²) in [4.78, 5) is 18.3. The summed E-state index contributed by atoms with van der Waals surface area (Å²) in [5.41, 5.74) is 1.43. The first-order valence-electron chi connectivity index (χ1n) is 11.7. The van der Waals surface area contributed by atoms with Gasteiger partial charge in [0.2, 0.25) is 5.82 Å².